The molecule has 0 aromatic heterocycles. The van der Waals surface area contributed by atoms with E-state index in [-0.39, 0.29) is 0 Å². The van der Waals surface area contributed by atoms with Crippen molar-refractivity contribution in [3.05, 3.63) is 0 Å². The predicted molar refractivity (Wildman–Crippen MR) is 70.8 cm³/mol. The first-order valence-corrected chi connectivity index (χ1v) is 7.29. The van der Waals surface area contributed by atoms with Gasteiger partial charge in [-0.3, -0.25) is 0 Å². The summed E-state index contributed by atoms with van der Waals surface area (Å²) in [5, 5.41) is 3.39. The Morgan fingerprint density at radius 2 is 2.00 bits per heavy atom. The first-order chi connectivity index (χ1) is 7.27. The standard InChI is InChI=1S/C12H27NOS/c1-4-15-11-5-7-13-8-10-14-9-6-12(2)3/h12-13H,4-11H2,1-3H3. The average Bonchev–Trinajstić information content (AvgIpc) is 2.20. The Labute approximate surface area is 99.5 Å². The molecule has 1 N–H and O–H groups in total. The Morgan fingerprint density at radius 3 is 2.67 bits per heavy atom. The maximum absolute atomic E-state index is 5.50. The van der Waals surface area contributed by atoms with Crippen LogP contribution in [0.4, 0.5) is 0 Å². The molecule has 2 nitrogen and oxygen atoms in total. The molecule has 15 heavy (non-hydrogen) atoms. The van der Waals surface area contributed by atoms with Crippen molar-refractivity contribution in [2.45, 2.75) is 33.6 Å². The molecule has 0 saturated carbocycles. The lowest BCUT2D eigenvalue weighted by atomic mass is 10.1. The van der Waals surface area contributed by atoms with E-state index in [4.69, 9.17) is 4.74 Å². The second-order valence-electron chi connectivity index (χ2n) is 4.10. The van der Waals surface area contributed by atoms with Crippen molar-refractivity contribution in [2.24, 2.45) is 5.92 Å². The van der Waals surface area contributed by atoms with Crippen molar-refractivity contribution in [3.8, 4) is 0 Å². The van der Waals surface area contributed by atoms with Crippen LogP contribution < -0.4 is 5.32 Å². The molecule has 0 aromatic carbocycles. The lowest BCUT2D eigenvalue weighted by molar-refractivity contribution is 0.125. The third-order valence-electron chi connectivity index (χ3n) is 2.11. The summed E-state index contributed by atoms with van der Waals surface area (Å²) < 4.78 is 5.50. The Morgan fingerprint density at radius 1 is 1.20 bits per heavy atom. The summed E-state index contributed by atoms with van der Waals surface area (Å²) in [6.45, 7) is 10.6. The van der Waals surface area contributed by atoms with Crippen LogP contribution in [0.15, 0.2) is 0 Å². The Balaban J connectivity index is 2.87. The van der Waals surface area contributed by atoms with Gasteiger partial charge in [-0.25, -0.2) is 0 Å². The molecular formula is C12H27NOS. The lowest BCUT2D eigenvalue weighted by Crippen LogP contribution is -2.21. The number of rotatable bonds is 11. The number of hydrogen-bond donors (Lipinski definition) is 1. The van der Waals surface area contributed by atoms with Crippen LogP contribution in [-0.2, 0) is 4.74 Å². The van der Waals surface area contributed by atoms with Crippen molar-refractivity contribution in [3.63, 3.8) is 0 Å². The van der Waals surface area contributed by atoms with Crippen molar-refractivity contribution in [2.75, 3.05) is 37.8 Å². The van der Waals surface area contributed by atoms with E-state index in [0.29, 0.717) is 0 Å². The van der Waals surface area contributed by atoms with Gasteiger partial charge in [-0.1, -0.05) is 20.8 Å². The molecule has 0 spiro atoms. The van der Waals surface area contributed by atoms with Gasteiger partial charge in [0.2, 0.25) is 0 Å². The molecule has 0 unspecified atom stereocenters. The van der Waals surface area contributed by atoms with Gasteiger partial charge in [0.05, 0.1) is 6.61 Å². The van der Waals surface area contributed by atoms with Crippen LogP contribution in [0, 0.1) is 5.92 Å². The van der Waals surface area contributed by atoms with Gasteiger partial charge in [0, 0.05) is 13.2 Å². The molecule has 0 saturated heterocycles. The summed E-state index contributed by atoms with van der Waals surface area (Å²) in [7, 11) is 0. The smallest absolute Gasteiger partial charge is 0.0590 e. The molecule has 92 valence electrons. The van der Waals surface area contributed by atoms with Crippen LogP contribution in [0.5, 0.6) is 0 Å². The largest absolute Gasteiger partial charge is 0.380 e. The van der Waals surface area contributed by atoms with Gasteiger partial charge < -0.3 is 10.1 Å². The highest BCUT2D eigenvalue weighted by molar-refractivity contribution is 7.99. The van der Waals surface area contributed by atoms with Crippen molar-refractivity contribution in [1.82, 2.24) is 5.32 Å². The number of thioether (sulfide) groups is 1. The van der Waals surface area contributed by atoms with E-state index >= 15 is 0 Å². The minimum atomic E-state index is 0.754. The lowest BCUT2D eigenvalue weighted by Gasteiger charge is -2.07. The first kappa shape index (κ1) is 15.3. The van der Waals surface area contributed by atoms with Crippen molar-refractivity contribution >= 4 is 11.8 Å². The highest BCUT2D eigenvalue weighted by atomic mass is 32.2. The first-order valence-electron chi connectivity index (χ1n) is 6.13. The van der Waals surface area contributed by atoms with Gasteiger partial charge in [0.1, 0.15) is 0 Å². The minimum absolute atomic E-state index is 0.754. The number of ether oxygens (including phenoxy) is 1. The molecule has 0 aliphatic heterocycles. The average molecular weight is 233 g/mol. The van der Waals surface area contributed by atoms with Gasteiger partial charge in [0.25, 0.3) is 0 Å². The maximum atomic E-state index is 5.50. The van der Waals surface area contributed by atoms with Crippen LogP contribution in [0.1, 0.15) is 33.6 Å². The molecule has 0 aromatic rings. The quantitative estimate of drug-likeness (QED) is 0.555. The van der Waals surface area contributed by atoms with Gasteiger partial charge >= 0.3 is 0 Å². The second kappa shape index (κ2) is 12.3. The SMILES string of the molecule is CCSCCCNCCOCCC(C)C. The van der Waals surface area contributed by atoms with E-state index in [1.54, 1.807) is 0 Å². The molecule has 0 fully saturated rings. The topological polar surface area (TPSA) is 21.3 Å². The maximum Gasteiger partial charge on any atom is 0.0590 e. The molecule has 0 rings (SSSR count). The zero-order chi connectivity index (χ0) is 11.4. The van der Waals surface area contributed by atoms with E-state index in [0.717, 1.165) is 32.2 Å². The van der Waals surface area contributed by atoms with Gasteiger partial charge in [-0.2, -0.15) is 11.8 Å². The zero-order valence-electron chi connectivity index (χ0n) is 10.6. The Hall–Kier alpha value is 0.270. The molecule has 0 amide bonds. The zero-order valence-corrected chi connectivity index (χ0v) is 11.4. The summed E-state index contributed by atoms with van der Waals surface area (Å²) in [4.78, 5) is 0. The third kappa shape index (κ3) is 14.3. The van der Waals surface area contributed by atoms with E-state index in [9.17, 15) is 0 Å². The monoisotopic (exact) mass is 233 g/mol. The molecule has 0 bridgehead atoms. The number of nitrogens with one attached hydrogen (secondary N) is 1. The third-order valence-corrected chi connectivity index (χ3v) is 3.09. The normalized spacial score (nSPS) is 11.2. The van der Waals surface area contributed by atoms with E-state index in [1.807, 2.05) is 11.8 Å². The van der Waals surface area contributed by atoms with Crippen LogP contribution in [0.25, 0.3) is 0 Å². The molecule has 0 radical (unpaired) electrons. The molecule has 0 aliphatic carbocycles. The molecule has 3 heteroatoms. The van der Waals surface area contributed by atoms with E-state index in [1.165, 1.54) is 24.3 Å². The molecular weight excluding hydrogens is 206 g/mol. The fourth-order valence-corrected chi connectivity index (χ4v) is 1.77. The van der Waals surface area contributed by atoms with Gasteiger partial charge in [-0.05, 0) is 36.8 Å². The summed E-state index contributed by atoms with van der Waals surface area (Å²) >= 11 is 2.01. The van der Waals surface area contributed by atoms with Gasteiger partial charge in [0.15, 0.2) is 0 Å². The van der Waals surface area contributed by atoms with E-state index in [2.05, 4.69) is 26.1 Å². The Kier molecular flexibility index (Phi) is 12.6. The second-order valence-corrected chi connectivity index (χ2v) is 5.49. The Bertz CT molecular complexity index is 120. The fraction of sp³-hybridized carbons (Fsp3) is 1.00. The van der Waals surface area contributed by atoms with Gasteiger partial charge in [-0.15, -0.1) is 0 Å². The highest BCUT2D eigenvalue weighted by Crippen LogP contribution is 1.99. The van der Waals surface area contributed by atoms with Crippen molar-refractivity contribution < 1.29 is 4.74 Å². The fourth-order valence-electron chi connectivity index (χ4n) is 1.13. The summed E-state index contributed by atoms with van der Waals surface area (Å²) in [5.74, 6) is 3.26. The summed E-state index contributed by atoms with van der Waals surface area (Å²) in [6.07, 6.45) is 2.44. The van der Waals surface area contributed by atoms with Crippen LogP contribution in [0.3, 0.4) is 0 Å². The molecule has 0 heterocycles. The summed E-state index contributed by atoms with van der Waals surface area (Å²) in [6, 6.07) is 0. The van der Waals surface area contributed by atoms with E-state index < -0.39 is 0 Å². The predicted octanol–water partition coefficient (Wildman–Crippen LogP) is 2.78. The molecule has 0 atom stereocenters. The van der Waals surface area contributed by atoms with Crippen molar-refractivity contribution in [1.29, 1.82) is 0 Å². The van der Waals surface area contributed by atoms with Crippen LogP contribution in [0.2, 0.25) is 0 Å². The number of hydrogen-bond acceptors (Lipinski definition) is 3. The summed E-state index contributed by atoms with van der Waals surface area (Å²) in [5.41, 5.74) is 0. The highest BCUT2D eigenvalue weighted by Gasteiger charge is 1.93. The van der Waals surface area contributed by atoms with Crippen LogP contribution in [-0.4, -0.2) is 37.8 Å². The van der Waals surface area contributed by atoms with Crippen LogP contribution >= 0.6 is 11.8 Å². The minimum Gasteiger partial charge on any atom is -0.380 e. The molecule has 0 aliphatic rings.